The molecular formula is C19H19ClN2O5S. The molecule has 1 fully saturated rings. The van der Waals surface area contributed by atoms with Crippen molar-refractivity contribution >= 4 is 39.2 Å². The fourth-order valence-electron chi connectivity index (χ4n) is 2.97. The minimum Gasteiger partial charge on any atom is -0.465 e. The van der Waals surface area contributed by atoms with Crippen LogP contribution in [-0.2, 0) is 26.1 Å². The number of nitrogens with one attached hydrogen (secondary N) is 1. The fraction of sp³-hybridized carbons (Fsp3) is 0.263. The molecule has 1 aliphatic rings. The fourth-order valence-corrected chi connectivity index (χ4v) is 4.51. The van der Waals surface area contributed by atoms with Crippen molar-refractivity contribution in [2.75, 3.05) is 18.6 Å². The van der Waals surface area contributed by atoms with Gasteiger partial charge in [-0.25, -0.2) is 17.9 Å². The van der Waals surface area contributed by atoms with E-state index in [1.807, 2.05) is 6.07 Å². The Morgan fingerprint density at radius 3 is 2.71 bits per heavy atom. The average molecular weight is 423 g/mol. The van der Waals surface area contributed by atoms with E-state index >= 15 is 0 Å². The number of nitrogens with zero attached hydrogens (tertiary/aromatic N) is 1. The molecule has 7 nitrogen and oxygen atoms in total. The van der Waals surface area contributed by atoms with Crippen LogP contribution < -0.4 is 9.62 Å². The molecular weight excluding hydrogens is 404 g/mol. The molecule has 0 radical (unpaired) electrons. The van der Waals surface area contributed by atoms with Crippen LogP contribution in [0.1, 0.15) is 28.8 Å². The Morgan fingerprint density at radius 1 is 1.25 bits per heavy atom. The number of amides is 1. The lowest BCUT2D eigenvalue weighted by Gasteiger charge is -2.17. The second-order valence-corrected chi connectivity index (χ2v) is 8.42. The van der Waals surface area contributed by atoms with E-state index in [1.54, 1.807) is 23.1 Å². The summed E-state index contributed by atoms with van der Waals surface area (Å²) in [5, 5.41) is -0.00318. The topological polar surface area (TPSA) is 92.8 Å². The van der Waals surface area contributed by atoms with Gasteiger partial charge in [-0.3, -0.25) is 4.79 Å². The SMILES string of the molecule is COC(=O)c1ccc(Cl)c(S(=O)(=O)NCc2cccc(N3CCCC3=O)c2)c1. The number of hydrogen-bond donors (Lipinski definition) is 1. The highest BCUT2D eigenvalue weighted by Gasteiger charge is 2.23. The molecule has 1 aliphatic heterocycles. The Bertz CT molecular complexity index is 1020. The predicted molar refractivity (Wildman–Crippen MR) is 105 cm³/mol. The van der Waals surface area contributed by atoms with Gasteiger partial charge in [-0.2, -0.15) is 0 Å². The second kappa shape index (κ2) is 8.30. The molecule has 0 aliphatic carbocycles. The summed E-state index contributed by atoms with van der Waals surface area (Å²) in [5.41, 5.74) is 1.52. The van der Waals surface area contributed by atoms with E-state index in [-0.39, 0.29) is 27.9 Å². The summed E-state index contributed by atoms with van der Waals surface area (Å²) >= 11 is 6.02. The van der Waals surface area contributed by atoms with Crippen molar-refractivity contribution < 1.29 is 22.7 Å². The molecule has 0 aromatic heterocycles. The Balaban J connectivity index is 1.79. The molecule has 9 heteroatoms. The number of carbonyl (C=O) groups excluding carboxylic acids is 2. The summed E-state index contributed by atoms with van der Waals surface area (Å²) in [5.74, 6) is -0.597. The Kier molecular flexibility index (Phi) is 6.02. The third-order valence-electron chi connectivity index (χ3n) is 4.40. The van der Waals surface area contributed by atoms with Crippen LogP contribution in [0.3, 0.4) is 0 Å². The minimum absolute atomic E-state index is 0.00318. The van der Waals surface area contributed by atoms with Crippen molar-refractivity contribution in [1.82, 2.24) is 4.72 Å². The average Bonchev–Trinajstić information content (AvgIpc) is 3.12. The first-order valence-electron chi connectivity index (χ1n) is 8.58. The highest BCUT2D eigenvalue weighted by molar-refractivity contribution is 7.89. The highest BCUT2D eigenvalue weighted by atomic mass is 35.5. The molecule has 0 spiro atoms. The van der Waals surface area contributed by atoms with Gasteiger partial charge >= 0.3 is 5.97 Å². The zero-order chi connectivity index (χ0) is 20.3. The van der Waals surface area contributed by atoms with Crippen LogP contribution in [-0.4, -0.2) is 33.9 Å². The van der Waals surface area contributed by atoms with E-state index in [4.69, 9.17) is 11.6 Å². The largest absolute Gasteiger partial charge is 0.465 e. The van der Waals surface area contributed by atoms with Gasteiger partial charge in [0.25, 0.3) is 0 Å². The quantitative estimate of drug-likeness (QED) is 0.722. The van der Waals surface area contributed by atoms with Crippen LogP contribution in [0.25, 0.3) is 0 Å². The van der Waals surface area contributed by atoms with Gasteiger partial charge in [0.05, 0.1) is 17.7 Å². The lowest BCUT2D eigenvalue weighted by atomic mass is 10.2. The summed E-state index contributed by atoms with van der Waals surface area (Å²) in [4.78, 5) is 25.0. The lowest BCUT2D eigenvalue weighted by Crippen LogP contribution is -2.25. The van der Waals surface area contributed by atoms with E-state index in [0.717, 1.165) is 12.1 Å². The number of rotatable bonds is 6. The van der Waals surface area contributed by atoms with Crippen LogP contribution in [0.15, 0.2) is 47.4 Å². The maximum atomic E-state index is 12.7. The van der Waals surface area contributed by atoms with E-state index in [2.05, 4.69) is 9.46 Å². The van der Waals surface area contributed by atoms with Gasteiger partial charge in [-0.05, 0) is 42.3 Å². The van der Waals surface area contributed by atoms with Crippen molar-refractivity contribution in [3.63, 3.8) is 0 Å². The second-order valence-electron chi connectivity index (χ2n) is 6.28. The molecule has 2 aromatic carbocycles. The molecule has 0 bridgehead atoms. The number of anilines is 1. The summed E-state index contributed by atoms with van der Waals surface area (Å²) in [6.45, 7) is 0.668. The lowest BCUT2D eigenvalue weighted by molar-refractivity contribution is -0.117. The van der Waals surface area contributed by atoms with Crippen molar-refractivity contribution in [2.45, 2.75) is 24.3 Å². The molecule has 148 valence electrons. The molecule has 0 unspecified atom stereocenters. The zero-order valence-corrected chi connectivity index (χ0v) is 16.7. The molecule has 1 N–H and O–H groups in total. The Morgan fingerprint density at radius 2 is 2.04 bits per heavy atom. The van der Waals surface area contributed by atoms with Crippen molar-refractivity contribution in [2.24, 2.45) is 0 Å². The van der Waals surface area contributed by atoms with E-state index in [1.165, 1.54) is 25.3 Å². The normalized spacial score (nSPS) is 14.4. The first-order chi connectivity index (χ1) is 13.3. The number of benzene rings is 2. The van der Waals surface area contributed by atoms with Gasteiger partial charge in [0.15, 0.2) is 0 Å². The minimum atomic E-state index is -3.97. The molecule has 1 saturated heterocycles. The number of hydrogen-bond acceptors (Lipinski definition) is 5. The van der Waals surface area contributed by atoms with Crippen LogP contribution in [0.4, 0.5) is 5.69 Å². The van der Waals surface area contributed by atoms with Gasteiger partial charge in [-0.1, -0.05) is 23.7 Å². The Labute approximate surface area is 168 Å². The van der Waals surface area contributed by atoms with Crippen LogP contribution in [0.2, 0.25) is 5.02 Å². The number of carbonyl (C=O) groups is 2. The molecule has 28 heavy (non-hydrogen) atoms. The molecule has 0 saturated carbocycles. The first kappa shape index (κ1) is 20.3. The zero-order valence-electron chi connectivity index (χ0n) is 15.1. The summed E-state index contributed by atoms with van der Waals surface area (Å²) in [7, 11) is -2.76. The maximum Gasteiger partial charge on any atom is 0.337 e. The third-order valence-corrected chi connectivity index (χ3v) is 6.29. The monoisotopic (exact) mass is 422 g/mol. The van der Waals surface area contributed by atoms with Gasteiger partial charge < -0.3 is 9.64 Å². The molecule has 1 heterocycles. The Hall–Kier alpha value is -2.42. The van der Waals surface area contributed by atoms with Gasteiger partial charge in [-0.15, -0.1) is 0 Å². The van der Waals surface area contributed by atoms with Crippen molar-refractivity contribution in [3.8, 4) is 0 Å². The molecule has 0 atom stereocenters. The van der Waals surface area contributed by atoms with Crippen LogP contribution in [0.5, 0.6) is 0 Å². The number of esters is 1. The van der Waals surface area contributed by atoms with Gasteiger partial charge in [0.2, 0.25) is 15.9 Å². The molecule has 2 aromatic rings. The van der Waals surface area contributed by atoms with Gasteiger partial charge in [0, 0.05) is 25.2 Å². The first-order valence-corrected chi connectivity index (χ1v) is 10.4. The van der Waals surface area contributed by atoms with Gasteiger partial charge in [0.1, 0.15) is 4.90 Å². The van der Waals surface area contributed by atoms with Crippen LogP contribution in [0, 0.1) is 0 Å². The number of sulfonamides is 1. The summed E-state index contributed by atoms with van der Waals surface area (Å²) < 4.78 is 32.4. The van der Waals surface area contributed by atoms with E-state index in [0.29, 0.717) is 18.5 Å². The molecule has 3 rings (SSSR count). The van der Waals surface area contributed by atoms with Crippen molar-refractivity contribution in [3.05, 3.63) is 58.6 Å². The summed E-state index contributed by atoms with van der Waals surface area (Å²) in [6.07, 6.45) is 1.33. The standard InChI is InChI=1S/C19H19ClN2O5S/c1-27-19(24)14-7-8-16(20)17(11-14)28(25,26)21-12-13-4-2-5-15(10-13)22-9-3-6-18(22)23/h2,4-5,7-8,10-11,21H,3,6,9,12H2,1H3. The smallest absolute Gasteiger partial charge is 0.337 e. The van der Waals surface area contributed by atoms with Crippen molar-refractivity contribution in [1.29, 1.82) is 0 Å². The third kappa shape index (κ3) is 4.35. The van der Waals surface area contributed by atoms with Crippen LogP contribution >= 0.6 is 11.6 Å². The number of halogens is 1. The number of methoxy groups -OCH3 is 1. The van der Waals surface area contributed by atoms with E-state index in [9.17, 15) is 18.0 Å². The number of ether oxygens (including phenoxy) is 1. The maximum absolute atomic E-state index is 12.7. The summed E-state index contributed by atoms with van der Waals surface area (Å²) in [6, 6.07) is 11.0. The highest BCUT2D eigenvalue weighted by Crippen LogP contribution is 2.25. The molecule has 1 amide bonds. The van der Waals surface area contributed by atoms with E-state index < -0.39 is 16.0 Å². The predicted octanol–water partition coefficient (Wildman–Crippen LogP) is 2.73.